The molecule has 0 aromatic heterocycles. The van der Waals surface area contributed by atoms with E-state index < -0.39 is 0 Å². The standard InChI is InChI=1S/C23H28N2O3/c1-18(19-8-4-2-5-9-19)24-23(27)20-12-15-25(16-13-20)22(26)14-17-28-21-10-6-3-7-11-21/h2-11,18,20H,12-17H2,1H3,(H,24,27). The van der Waals surface area contributed by atoms with E-state index in [-0.39, 0.29) is 23.8 Å². The topological polar surface area (TPSA) is 58.6 Å². The fourth-order valence-electron chi connectivity index (χ4n) is 3.48. The van der Waals surface area contributed by atoms with Gasteiger partial charge in [-0.2, -0.15) is 0 Å². The number of carbonyl (C=O) groups is 2. The van der Waals surface area contributed by atoms with E-state index in [1.165, 1.54) is 0 Å². The Labute approximate surface area is 166 Å². The largest absolute Gasteiger partial charge is 0.493 e. The monoisotopic (exact) mass is 380 g/mol. The van der Waals surface area contributed by atoms with E-state index >= 15 is 0 Å². The third-order valence-electron chi connectivity index (χ3n) is 5.20. The van der Waals surface area contributed by atoms with Crippen LogP contribution < -0.4 is 10.1 Å². The second kappa shape index (κ2) is 9.93. The number of nitrogens with one attached hydrogen (secondary N) is 1. The van der Waals surface area contributed by atoms with Gasteiger partial charge in [0.15, 0.2) is 0 Å². The van der Waals surface area contributed by atoms with Crippen molar-refractivity contribution in [1.82, 2.24) is 10.2 Å². The summed E-state index contributed by atoms with van der Waals surface area (Å²) in [6, 6.07) is 19.5. The average molecular weight is 380 g/mol. The Kier molecular flexibility index (Phi) is 7.06. The quantitative estimate of drug-likeness (QED) is 0.799. The molecule has 0 aliphatic carbocycles. The third kappa shape index (κ3) is 5.59. The second-order valence-electron chi connectivity index (χ2n) is 7.21. The molecule has 3 rings (SSSR count). The Bertz CT molecular complexity index is 756. The van der Waals surface area contributed by atoms with Gasteiger partial charge in [-0.1, -0.05) is 48.5 Å². The zero-order valence-corrected chi connectivity index (χ0v) is 16.3. The van der Waals surface area contributed by atoms with Crippen LogP contribution in [0.1, 0.15) is 37.8 Å². The van der Waals surface area contributed by atoms with Crippen LogP contribution in [0.3, 0.4) is 0 Å². The highest BCUT2D eigenvalue weighted by Crippen LogP contribution is 2.20. The first-order valence-corrected chi connectivity index (χ1v) is 9.94. The number of benzene rings is 2. The second-order valence-corrected chi connectivity index (χ2v) is 7.21. The molecule has 0 saturated carbocycles. The molecule has 1 atom stereocenters. The van der Waals surface area contributed by atoms with Gasteiger partial charge in [0.1, 0.15) is 5.75 Å². The molecule has 1 heterocycles. The molecule has 0 spiro atoms. The first-order valence-electron chi connectivity index (χ1n) is 9.94. The summed E-state index contributed by atoms with van der Waals surface area (Å²) in [6.07, 6.45) is 1.77. The molecule has 0 radical (unpaired) electrons. The van der Waals surface area contributed by atoms with E-state index in [0.29, 0.717) is 39.0 Å². The number of nitrogens with zero attached hydrogens (tertiary/aromatic N) is 1. The van der Waals surface area contributed by atoms with Gasteiger partial charge in [0.05, 0.1) is 19.1 Å². The number of piperidine rings is 1. The highest BCUT2D eigenvalue weighted by Gasteiger charge is 2.27. The molecule has 148 valence electrons. The number of ether oxygens (including phenoxy) is 1. The van der Waals surface area contributed by atoms with Gasteiger partial charge < -0.3 is 15.0 Å². The molecule has 2 aromatic carbocycles. The molecule has 1 N–H and O–H groups in total. The Morgan fingerprint density at radius 1 is 1.04 bits per heavy atom. The van der Waals surface area contributed by atoms with Gasteiger partial charge in [-0.3, -0.25) is 9.59 Å². The first-order chi connectivity index (χ1) is 13.6. The van der Waals surface area contributed by atoms with Crippen molar-refractivity contribution in [3.05, 3.63) is 66.2 Å². The molecule has 1 aliphatic rings. The van der Waals surface area contributed by atoms with Crippen LogP contribution >= 0.6 is 0 Å². The summed E-state index contributed by atoms with van der Waals surface area (Å²) >= 11 is 0. The molecular formula is C23H28N2O3. The predicted octanol–water partition coefficient (Wildman–Crippen LogP) is 3.57. The maximum Gasteiger partial charge on any atom is 0.225 e. The Balaban J connectivity index is 1.38. The molecule has 1 fully saturated rings. The minimum absolute atomic E-state index is 0.0107. The lowest BCUT2D eigenvalue weighted by molar-refractivity contribution is -0.136. The maximum absolute atomic E-state index is 12.6. The Hall–Kier alpha value is -2.82. The first kappa shape index (κ1) is 19.9. The molecule has 1 saturated heterocycles. The summed E-state index contributed by atoms with van der Waals surface area (Å²) in [6.45, 7) is 3.63. The lowest BCUT2D eigenvalue weighted by Crippen LogP contribution is -2.43. The fourth-order valence-corrected chi connectivity index (χ4v) is 3.48. The summed E-state index contributed by atoms with van der Waals surface area (Å²) in [5.41, 5.74) is 1.10. The number of carbonyl (C=O) groups excluding carboxylic acids is 2. The molecule has 28 heavy (non-hydrogen) atoms. The van der Waals surface area contributed by atoms with Gasteiger partial charge in [-0.05, 0) is 37.5 Å². The summed E-state index contributed by atoms with van der Waals surface area (Å²) in [4.78, 5) is 26.8. The third-order valence-corrected chi connectivity index (χ3v) is 5.20. The zero-order valence-electron chi connectivity index (χ0n) is 16.3. The molecule has 5 heteroatoms. The zero-order chi connectivity index (χ0) is 19.8. The molecule has 1 aliphatic heterocycles. The lowest BCUT2D eigenvalue weighted by atomic mass is 9.95. The van der Waals surface area contributed by atoms with E-state index in [2.05, 4.69) is 5.32 Å². The summed E-state index contributed by atoms with van der Waals surface area (Å²) in [5.74, 6) is 0.914. The van der Waals surface area contributed by atoms with E-state index in [9.17, 15) is 9.59 Å². The van der Waals surface area contributed by atoms with Crippen molar-refractivity contribution in [2.45, 2.75) is 32.2 Å². The summed E-state index contributed by atoms with van der Waals surface area (Å²) in [5, 5.41) is 3.10. The molecular weight excluding hydrogens is 352 g/mol. The van der Waals surface area contributed by atoms with Crippen molar-refractivity contribution in [1.29, 1.82) is 0 Å². The van der Waals surface area contributed by atoms with Gasteiger partial charge >= 0.3 is 0 Å². The van der Waals surface area contributed by atoms with Crippen LogP contribution in [0.25, 0.3) is 0 Å². The van der Waals surface area contributed by atoms with E-state index in [0.717, 1.165) is 11.3 Å². The highest BCUT2D eigenvalue weighted by atomic mass is 16.5. The Morgan fingerprint density at radius 3 is 2.29 bits per heavy atom. The normalized spacial score (nSPS) is 15.7. The summed E-state index contributed by atoms with van der Waals surface area (Å²) in [7, 11) is 0. The molecule has 2 aromatic rings. The van der Waals surface area contributed by atoms with Crippen molar-refractivity contribution in [2.75, 3.05) is 19.7 Å². The lowest BCUT2D eigenvalue weighted by Gasteiger charge is -2.32. The molecule has 5 nitrogen and oxygen atoms in total. The SMILES string of the molecule is CC(NC(=O)C1CCN(C(=O)CCOc2ccccc2)CC1)c1ccccc1. The minimum atomic E-state index is -0.0317. The van der Waals surface area contributed by atoms with Crippen LogP contribution in [-0.4, -0.2) is 36.4 Å². The maximum atomic E-state index is 12.6. The fraction of sp³-hybridized carbons (Fsp3) is 0.391. The van der Waals surface area contributed by atoms with Crippen molar-refractivity contribution in [3.8, 4) is 5.75 Å². The number of hydrogen-bond acceptors (Lipinski definition) is 3. The van der Waals surface area contributed by atoms with Crippen LogP contribution in [0.15, 0.2) is 60.7 Å². The van der Waals surface area contributed by atoms with Gasteiger partial charge in [-0.15, -0.1) is 0 Å². The van der Waals surface area contributed by atoms with Crippen LogP contribution in [0.5, 0.6) is 5.75 Å². The number of para-hydroxylation sites is 1. The van der Waals surface area contributed by atoms with E-state index in [1.54, 1.807) is 0 Å². The Morgan fingerprint density at radius 2 is 1.64 bits per heavy atom. The van der Waals surface area contributed by atoms with Crippen molar-refractivity contribution in [3.63, 3.8) is 0 Å². The van der Waals surface area contributed by atoms with Crippen LogP contribution in [0, 0.1) is 5.92 Å². The average Bonchev–Trinajstić information content (AvgIpc) is 2.75. The number of amides is 2. The van der Waals surface area contributed by atoms with Crippen LogP contribution in [0.2, 0.25) is 0 Å². The number of rotatable bonds is 7. The van der Waals surface area contributed by atoms with Crippen LogP contribution in [-0.2, 0) is 9.59 Å². The van der Waals surface area contributed by atoms with Gasteiger partial charge in [-0.25, -0.2) is 0 Å². The molecule has 0 bridgehead atoms. The summed E-state index contributed by atoms with van der Waals surface area (Å²) < 4.78 is 5.60. The van der Waals surface area contributed by atoms with E-state index in [4.69, 9.17) is 4.74 Å². The smallest absolute Gasteiger partial charge is 0.225 e. The van der Waals surface area contributed by atoms with Gasteiger partial charge in [0, 0.05) is 19.0 Å². The van der Waals surface area contributed by atoms with Gasteiger partial charge in [0.2, 0.25) is 11.8 Å². The number of likely N-dealkylation sites (tertiary alicyclic amines) is 1. The van der Waals surface area contributed by atoms with Crippen molar-refractivity contribution < 1.29 is 14.3 Å². The minimum Gasteiger partial charge on any atom is -0.493 e. The van der Waals surface area contributed by atoms with Crippen molar-refractivity contribution in [2.24, 2.45) is 5.92 Å². The highest BCUT2D eigenvalue weighted by molar-refractivity contribution is 5.80. The van der Waals surface area contributed by atoms with E-state index in [1.807, 2.05) is 72.5 Å². The van der Waals surface area contributed by atoms with Crippen molar-refractivity contribution >= 4 is 11.8 Å². The van der Waals surface area contributed by atoms with Gasteiger partial charge in [0.25, 0.3) is 0 Å². The number of hydrogen-bond donors (Lipinski definition) is 1. The molecule has 1 unspecified atom stereocenters. The van der Waals surface area contributed by atoms with Crippen LogP contribution in [0.4, 0.5) is 0 Å². The molecule has 2 amide bonds. The predicted molar refractivity (Wildman–Crippen MR) is 109 cm³/mol.